The number of aromatic nitrogens is 2. The van der Waals surface area contributed by atoms with E-state index in [1.165, 1.54) is 0 Å². The van der Waals surface area contributed by atoms with Crippen molar-refractivity contribution in [3.63, 3.8) is 0 Å². The maximum Gasteiger partial charge on any atom is 0.227 e. The molecule has 126 valence electrons. The molecular formula is C16H24N4O3. The molecule has 3 aliphatic rings. The van der Waals surface area contributed by atoms with Crippen LogP contribution in [0.4, 0.5) is 11.8 Å². The molecule has 0 bridgehead atoms. The quantitative estimate of drug-likeness (QED) is 0.819. The van der Waals surface area contributed by atoms with Crippen molar-refractivity contribution in [1.82, 2.24) is 9.97 Å². The Labute approximate surface area is 135 Å². The third-order valence-corrected chi connectivity index (χ3v) is 5.00. The first-order valence-electron chi connectivity index (χ1n) is 8.52. The monoisotopic (exact) mass is 320 g/mol. The van der Waals surface area contributed by atoms with E-state index in [1.807, 2.05) is 4.90 Å². The van der Waals surface area contributed by atoms with Gasteiger partial charge in [-0.3, -0.25) is 0 Å². The number of β-amino-alcohol motifs (C(OH)–C–C–N with tert-alkyl or cyclic N) is 1. The molecule has 3 saturated heterocycles. The summed E-state index contributed by atoms with van der Waals surface area (Å²) in [6.45, 7) is 4.35. The van der Waals surface area contributed by atoms with Crippen molar-refractivity contribution in [2.24, 2.45) is 0 Å². The number of hydrogen-bond donors (Lipinski definition) is 2. The lowest BCUT2D eigenvalue weighted by Gasteiger charge is -2.37. The highest BCUT2D eigenvalue weighted by atomic mass is 16.5. The molecule has 0 amide bonds. The Morgan fingerprint density at radius 3 is 2.43 bits per heavy atom. The van der Waals surface area contributed by atoms with Gasteiger partial charge in [-0.25, -0.2) is 4.98 Å². The zero-order valence-electron chi connectivity index (χ0n) is 13.3. The minimum Gasteiger partial charge on any atom is -0.393 e. The van der Waals surface area contributed by atoms with E-state index in [0.29, 0.717) is 25.0 Å². The number of anilines is 2. The maximum atomic E-state index is 9.71. The van der Waals surface area contributed by atoms with Crippen molar-refractivity contribution >= 4 is 11.8 Å². The molecule has 0 aromatic carbocycles. The van der Waals surface area contributed by atoms with Crippen molar-refractivity contribution in [3.8, 4) is 0 Å². The molecule has 3 aliphatic heterocycles. The molecule has 7 nitrogen and oxygen atoms in total. The van der Waals surface area contributed by atoms with Crippen LogP contribution in [-0.4, -0.2) is 71.8 Å². The van der Waals surface area contributed by atoms with Gasteiger partial charge < -0.3 is 24.7 Å². The highest BCUT2D eigenvalue weighted by Crippen LogP contribution is 2.30. The number of nitrogens with zero attached hydrogens (tertiary/aromatic N) is 4. The molecule has 2 N–H and O–H groups in total. The average molecular weight is 320 g/mol. The zero-order chi connectivity index (χ0) is 15.8. The van der Waals surface area contributed by atoms with Gasteiger partial charge in [0.2, 0.25) is 5.95 Å². The van der Waals surface area contributed by atoms with E-state index in [4.69, 9.17) is 14.7 Å². The van der Waals surface area contributed by atoms with Crippen LogP contribution in [0.2, 0.25) is 0 Å². The van der Waals surface area contributed by atoms with Gasteiger partial charge in [0, 0.05) is 44.8 Å². The Kier molecular flexibility index (Phi) is 4.09. The Morgan fingerprint density at radius 1 is 1.00 bits per heavy atom. The highest BCUT2D eigenvalue weighted by molar-refractivity contribution is 5.48. The smallest absolute Gasteiger partial charge is 0.227 e. The molecule has 0 saturated carbocycles. The molecule has 1 atom stereocenters. The first-order valence-corrected chi connectivity index (χ1v) is 8.52. The number of piperidine rings is 1. The molecule has 23 heavy (non-hydrogen) atoms. The molecule has 0 spiro atoms. The van der Waals surface area contributed by atoms with Gasteiger partial charge in [-0.15, -0.1) is 0 Å². The second kappa shape index (κ2) is 6.22. The van der Waals surface area contributed by atoms with Crippen molar-refractivity contribution in [2.45, 2.75) is 37.4 Å². The lowest BCUT2D eigenvalue weighted by molar-refractivity contribution is 0.140. The Morgan fingerprint density at radius 2 is 1.78 bits per heavy atom. The predicted molar refractivity (Wildman–Crippen MR) is 85.9 cm³/mol. The fourth-order valence-electron chi connectivity index (χ4n) is 3.43. The van der Waals surface area contributed by atoms with Gasteiger partial charge in [0.05, 0.1) is 24.5 Å². The van der Waals surface area contributed by atoms with Crippen LogP contribution in [0.25, 0.3) is 0 Å². The molecule has 0 aliphatic carbocycles. The summed E-state index contributed by atoms with van der Waals surface area (Å²) in [5.74, 6) is 1.98. The number of ether oxygens (including phenoxy) is 1. The number of aliphatic hydroxyl groups excluding tert-OH is 2. The summed E-state index contributed by atoms with van der Waals surface area (Å²) in [5.41, 5.74) is 1.04. The Hall–Kier alpha value is -1.44. The lowest BCUT2D eigenvalue weighted by atomic mass is 10.0. The average Bonchev–Trinajstić information content (AvgIpc) is 3.06. The number of aliphatic hydroxyl groups is 2. The Balaban J connectivity index is 1.61. The van der Waals surface area contributed by atoms with Crippen molar-refractivity contribution in [3.05, 3.63) is 11.8 Å². The topological polar surface area (TPSA) is 82.0 Å². The summed E-state index contributed by atoms with van der Waals surface area (Å²) in [5, 5.41) is 19.3. The lowest BCUT2D eigenvalue weighted by Crippen LogP contribution is -2.51. The van der Waals surface area contributed by atoms with E-state index in [1.54, 1.807) is 0 Å². The van der Waals surface area contributed by atoms with Crippen molar-refractivity contribution in [1.29, 1.82) is 0 Å². The fraction of sp³-hybridized carbons (Fsp3) is 0.750. The molecule has 1 aromatic heterocycles. The summed E-state index contributed by atoms with van der Waals surface area (Å²) in [7, 11) is 0. The zero-order valence-corrected chi connectivity index (χ0v) is 13.3. The van der Waals surface area contributed by atoms with Crippen LogP contribution in [0.15, 0.2) is 6.07 Å². The maximum absolute atomic E-state index is 9.71. The van der Waals surface area contributed by atoms with Crippen LogP contribution in [-0.2, 0) is 4.74 Å². The largest absolute Gasteiger partial charge is 0.393 e. The summed E-state index contributed by atoms with van der Waals surface area (Å²) in [6.07, 6.45) is 2.09. The van der Waals surface area contributed by atoms with Gasteiger partial charge in [-0.1, -0.05) is 0 Å². The third kappa shape index (κ3) is 3.13. The van der Waals surface area contributed by atoms with Crippen LogP contribution in [0.1, 0.15) is 30.9 Å². The normalized spacial score (nSPS) is 26.6. The van der Waals surface area contributed by atoms with Gasteiger partial charge in [-0.05, 0) is 19.3 Å². The molecular weight excluding hydrogens is 296 g/mol. The Bertz CT molecular complexity index is 550. The summed E-state index contributed by atoms with van der Waals surface area (Å²) in [6, 6.07) is 2.08. The fourth-order valence-corrected chi connectivity index (χ4v) is 3.43. The SMILES string of the molecule is OC1CCN(c2cc([C@H]3CCOC3)nc(N3CC(O)C3)n2)CC1. The van der Waals surface area contributed by atoms with Crippen molar-refractivity contribution < 1.29 is 14.9 Å². The predicted octanol–water partition coefficient (Wildman–Crippen LogP) is 0.123. The van der Waals surface area contributed by atoms with Gasteiger partial charge in [0.15, 0.2) is 0 Å². The van der Waals surface area contributed by atoms with Gasteiger partial charge >= 0.3 is 0 Å². The minimum atomic E-state index is -0.273. The highest BCUT2D eigenvalue weighted by Gasteiger charge is 2.30. The van der Waals surface area contributed by atoms with Crippen LogP contribution in [0, 0.1) is 0 Å². The van der Waals surface area contributed by atoms with E-state index in [9.17, 15) is 10.2 Å². The first kappa shape index (κ1) is 15.1. The standard InChI is InChI=1S/C16H24N4O3/c21-12-1-4-19(5-2-12)15-7-14(11-3-6-23-10-11)17-16(18-15)20-8-13(22)9-20/h7,11-13,21-22H,1-6,8-10H2/t11-/m0/s1. The molecule has 4 rings (SSSR count). The third-order valence-electron chi connectivity index (χ3n) is 5.00. The molecule has 4 heterocycles. The number of hydrogen-bond acceptors (Lipinski definition) is 7. The van der Waals surface area contributed by atoms with Crippen LogP contribution >= 0.6 is 0 Å². The van der Waals surface area contributed by atoms with E-state index in [0.717, 1.165) is 57.1 Å². The van der Waals surface area contributed by atoms with E-state index < -0.39 is 0 Å². The van der Waals surface area contributed by atoms with Gasteiger partial charge in [0.25, 0.3) is 0 Å². The molecule has 1 aromatic rings. The van der Waals surface area contributed by atoms with Crippen LogP contribution in [0.3, 0.4) is 0 Å². The van der Waals surface area contributed by atoms with Gasteiger partial charge in [0.1, 0.15) is 5.82 Å². The van der Waals surface area contributed by atoms with E-state index >= 15 is 0 Å². The van der Waals surface area contributed by atoms with Gasteiger partial charge in [-0.2, -0.15) is 4.98 Å². The summed E-state index contributed by atoms with van der Waals surface area (Å²) in [4.78, 5) is 13.7. The second-order valence-electron chi connectivity index (χ2n) is 6.79. The summed E-state index contributed by atoms with van der Waals surface area (Å²) < 4.78 is 5.51. The molecule has 7 heteroatoms. The van der Waals surface area contributed by atoms with E-state index in [-0.39, 0.29) is 12.2 Å². The molecule has 0 unspecified atom stereocenters. The molecule has 0 radical (unpaired) electrons. The minimum absolute atomic E-state index is 0.194. The second-order valence-corrected chi connectivity index (χ2v) is 6.79. The van der Waals surface area contributed by atoms with Crippen molar-refractivity contribution in [2.75, 3.05) is 49.2 Å². The molecule has 3 fully saturated rings. The summed E-state index contributed by atoms with van der Waals surface area (Å²) >= 11 is 0. The van der Waals surface area contributed by atoms with E-state index in [2.05, 4.69) is 11.0 Å². The van der Waals surface area contributed by atoms with Crippen LogP contribution < -0.4 is 9.80 Å². The van der Waals surface area contributed by atoms with Crippen LogP contribution in [0.5, 0.6) is 0 Å². The first-order chi connectivity index (χ1) is 11.2. The number of rotatable bonds is 3.